The van der Waals surface area contributed by atoms with Gasteiger partial charge in [0.15, 0.2) is 0 Å². The molecule has 8 heavy (non-hydrogen) atoms. The molecule has 0 aliphatic carbocycles. The van der Waals surface area contributed by atoms with Crippen LogP contribution in [0.4, 0.5) is 0 Å². The molecular formula is C5H6INS. The van der Waals surface area contributed by atoms with E-state index in [0.717, 1.165) is 6.42 Å². The highest BCUT2D eigenvalue weighted by Crippen LogP contribution is 2.15. The van der Waals surface area contributed by atoms with Gasteiger partial charge in [-0.3, -0.25) is 0 Å². The van der Waals surface area contributed by atoms with Crippen LogP contribution in [0, 0.1) is 2.88 Å². The lowest BCUT2D eigenvalue weighted by molar-refractivity contribution is 1.05. The van der Waals surface area contributed by atoms with Crippen molar-refractivity contribution in [2.75, 3.05) is 0 Å². The van der Waals surface area contributed by atoms with Gasteiger partial charge in [0.05, 0.1) is 14.1 Å². The molecule has 0 N–H and O–H groups in total. The third-order valence-corrected chi connectivity index (χ3v) is 2.97. The van der Waals surface area contributed by atoms with Crippen molar-refractivity contribution in [3.8, 4) is 0 Å². The van der Waals surface area contributed by atoms with Gasteiger partial charge in [0.1, 0.15) is 0 Å². The molecule has 0 spiro atoms. The average molecular weight is 239 g/mol. The van der Waals surface area contributed by atoms with Crippen molar-refractivity contribution in [2.24, 2.45) is 0 Å². The third-order valence-electron chi connectivity index (χ3n) is 0.926. The van der Waals surface area contributed by atoms with Crippen LogP contribution in [0.15, 0.2) is 5.51 Å². The van der Waals surface area contributed by atoms with E-state index in [0.29, 0.717) is 0 Å². The lowest BCUT2D eigenvalue weighted by atomic mass is 10.4. The Morgan fingerprint density at radius 2 is 2.62 bits per heavy atom. The predicted octanol–water partition coefficient (Wildman–Crippen LogP) is 2.31. The normalized spacial score (nSPS) is 9.75. The molecule has 1 aromatic heterocycles. The lowest BCUT2D eigenvalue weighted by Crippen LogP contribution is -1.79. The first kappa shape index (κ1) is 6.48. The second-order valence-electron chi connectivity index (χ2n) is 1.43. The van der Waals surface area contributed by atoms with Crippen LogP contribution in [0.3, 0.4) is 0 Å². The minimum absolute atomic E-state index is 1.06. The van der Waals surface area contributed by atoms with Crippen molar-refractivity contribution >= 4 is 33.9 Å². The van der Waals surface area contributed by atoms with Crippen LogP contribution in [-0.4, -0.2) is 4.98 Å². The molecule has 3 heteroatoms. The van der Waals surface area contributed by atoms with Gasteiger partial charge >= 0.3 is 0 Å². The van der Waals surface area contributed by atoms with Gasteiger partial charge in [-0.2, -0.15) is 0 Å². The van der Waals surface area contributed by atoms with Gasteiger partial charge in [0.25, 0.3) is 0 Å². The lowest BCUT2D eigenvalue weighted by Gasteiger charge is -1.84. The molecule has 0 unspecified atom stereocenters. The van der Waals surface area contributed by atoms with E-state index in [1.54, 1.807) is 11.3 Å². The molecule has 0 saturated carbocycles. The third kappa shape index (κ3) is 1.20. The molecule has 44 valence electrons. The fraction of sp³-hybridized carbons (Fsp3) is 0.400. The van der Waals surface area contributed by atoms with Crippen molar-refractivity contribution in [3.05, 3.63) is 14.1 Å². The highest BCUT2D eigenvalue weighted by molar-refractivity contribution is 14.1. The van der Waals surface area contributed by atoms with E-state index in [9.17, 15) is 0 Å². The summed E-state index contributed by atoms with van der Waals surface area (Å²) in [4.78, 5) is 4.15. The summed E-state index contributed by atoms with van der Waals surface area (Å²) in [5.41, 5.74) is 3.12. The van der Waals surface area contributed by atoms with E-state index in [-0.39, 0.29) is 0 Å². The van der Waals surface area contributed by atoms with Gasteiger partial charge < -0.3 is 0 Å². The summed E-state index contributed by atoms with van der Waals surface area (Å²) in [5.74, 6) is 0. The van der Waals surface area contributed by atoms with E-state index < -0.39 is 0 Å². The fourth-order valence-electron chi connectivity index (χ4n) is 0.485. The zero-order chi connectivity index (χ0) is 5.98. The summed E-state index contributed by atoms with van der Waals surface area (Å²) in [6.07, 6.45) is 1.06. The molecule has 1 nitrogen and oxygen atoms in total. The summed E-state index contributed by atoms with van der Waals surface area (Å²) >= 11 is 4.02. The first-order chi connectivity index (χ1) is 3.84. The Morgan fingerprint density at radius 3 is 2.88 bits per heavy atom. The van der Waals surface area contributed by atoms with Crippen molar-refractivity contribution in [3.63, 3.8) is 0 Å². The quantitative estimate of drug-likeness (QED) is 0.685. The molecule has 0 bridgehead atoms. The maximum Gasteiger partial charge on any atom is 0.0883 e. The van der Waals surface area contributed by atoms with Gasteiger partial charge in [0, 0.05) is 0 Å². The van der Waals surface area contributed by atoms with Crippen LogP contribution >= 0.6 is 33.9 Å². The summed E-state index contributed by atoms with van der Waals surface area (Å²) in [5, 5.41) is 0. The zero-order valence-electron chi connectivity index (χ0n) is 4.52. The number of thiazole rings is 1. The largest absolute Gasteiger partial charge is 0.249 e. The van der Waals surface area contributed by atoms with E-state index in [2.05, 4.69) is 34.5 Å². The highest BCUT2D eigenvalue weighted by Gasteiger charge is 1.96. The zero-order valence-corrected chi connectivity index (χ0v) is 7.49. The minimum Gasteiger partial charge on any atom is -0.249 e. The Bertz CT molecular complexity index is 173. The second-order valence-corrected chi connectivity index (χ2v) is 4.09. The topological polar surface area (TPSA) is 12.9 Å². The predicted molar refractivity (Wildman–Crippen MR) is 44.2 cm³/mol. The molecule has 0 atom stereocenters. The van der Waals surface area contributed by atoms with Crippen LogP contribution in [0.1, 0.15) is 12.6 Å². The van der Waals surface area contributed by atoms with Gasteiger partial charge in [-0.15, -0.1) is 11.3 Å². The number of nitrogens with zero attached hydrogens (tertiary/aromatic N) is 1. The first-order valence-corrected chi connectivity index (χ1v) is 4.38. The fourth-order valence-corrected chi connectivity index (χ4v) is 1.95. The second kappa shape index (κ2) is 2.77. The molecular weight excluding hydrogens is 233 g/mol. The first-order valence-electron chi connectivity index (χ1n) is 2.42. The number of hydrogen-bond acceptors (Lipinski definition) is 2. The number of rotatable bonds is 1. The summed E-state index contributed by atoms with van der Waals surface area (Å²) in [7, 11) is 0. The van der Waals surface area contributed by atoms with Crippen LogP contribution in [-0.2, 0) is 6.42 Å². The van der Waals surface area contributed by atoms with E-state index in [1.807, 2.05) is 5.51 Å². The van der Waals surface area contributed by atoms with Crippen LogP contribution in [0.5, 0.6) is 0 Å². The van der Waals surface area contributed by atoms with Crippen LogP contribution in [0.25, 0.3) is 0 Å². The van der Waals surface area contributed by atoms with Crippen molar-refractivity contribution in [1.29, 1.82) is 0 Å². The Hall–Kier alpha value is 0.360. The van der Waals surface area contributed by atoms with E-state index in [4.69, 9.17) is 0 Å². The monoisotopic (exact) mass is 239 g/mol. The molecule has 0 aliphatic rings. The highest BCUT2D eigenvalue weighted by atomic mass is 127. The molecule has 0 aromatic carbocycles. The summed E-state index contributed by atoms with van der Waals surface area (Å²) in [6, 6.07) is 0. The molecule has 0 saturated heterocycles. The van der Waals surface area contributed by atoms with Crippen LogP contribution < -0.4 is 0 Å². The average Bonchev–Trinajstić information content (AvgIpc) is 2.14. The Morgan fingerprint density at radius 1 is 1.88 bits per heavy atom. The smallest absolute Gasteiger partial charge is 0.0883 e. The Labute approximate surface area is 66.3 Å². The Kier molecular flexibility index (Phi) is 2.25. The summed E-state index contributed by atoms with van der Waals surface area (Å²) in [6.45, 7) is 2.12. The maximum absolute atomic E-state index is 4.15. The number of halogens is 1. The van der Waals surface area contributed by atoms with Crippen molar-refractivity contribution in [2.45, 2.75) is 13.3 Å². The number of hydrogen-bond donors (Lipinski definition) is 0. The SMILES string of the molecule is CCc1ncsc1I. The van der Waals surface area contributed by atoms with Crippen molar-refractivity contribution in [1.82, 2.24) is 4.98 Å². The van der Waals surface area contributed by atoms with E-state index in [1.165, 1.54) is 8.58 Å². The number of aromatic nitrogens is 1. The summed E-state index contributed by atoms with van der Waals surface area (Å²) < 4.78 is 1.32. The van der Waals surface area contributed by atoms with Crippen LogP contribution in [0.2, 0.25) is 0 Å². The number of aryl methyl sites for hydroxylation is 1. The molecule has 1 heterocycles. The maximum atomic E-state index is 4.15. The van der Waals surface area contributed by atoms with Crippen molar-refractivity contribution < 1.29 is 0 Å². The molecule has 0 radical (unpaired) electrons. The molecule has 0 amide bonds. The van der Waals surface area contributed by atoms with Gasteiger partial charge in [-0.05, 0) is 29.0 Å². The van der Waals surface area contributed by atoms with Gasteiger partial charge in [0.2, 0.25) is 0 Å². The molecule has 0 fully saturated rings. The molecule has 1 aromatic rings. The molecule has 0 aliphatic heterocycles. The molecule has 1 rings (SSSR count). The standard InChI is InChI=1S/C5H6INS/c1-2-4-5(6)8-3-7-4/h3H,2H2,1H3. The van der Waals surface area contributed by atoms with E-state index >= 15 is 0 Å². The van der Waals surface area contributed by atoms with Gasteiger partial charge in [-0.25, -0.2) is 4.98 Å². The van der Waals surface area contributed by atoms with Gasteiger partial charge in [-0.1, -0.05) is 6.92 Å². The Balaban J connectivity index is 2.92. The minimum atomic E-state index is 1.06.